The first kappa shape index (κ1) is 14.5. The van der Waals surface area contributed by atoms with Gasteiger partial charge in [-0.15, -0.1) is 0 Å². The minimum absolute atomic E-state index is 0.0664. The van der Waals surface area contributed by atoms with E-state index in [0.29, 0.717) is 12.1 Å². The van der Waals surface area contributed by atoms with Gasteiger partial charge in [0.15, 0.2) is 0 Å². The molecule has 0 fully saturated rings. The summed E-state index contributed by atoms with van der Waals surface area (Å²) in [5, 5.41) is 4.00. The quantitative estimate of drug-likeness (QED) is 0.816. The van der Waals surface area contributed by atoms with Crippen LogP contribution in [0, 0.1) is 5.82 Å². The summed E-state index contributed by atoms with van der Waals surface area (Å²) < 4.78 is 14.4. The SMILES string of the molecule is C[C@H](NCc1ccc(Br)cc1F)c1ccccc1Cl. The van der Waals surface area contributed by atoms with Crippen molar-refractivity contribution in [2.75, 3.05) is 0 Å². The zero-order valence-corrected chi connectivity index (χ0v) is 12.8. The van der Waals surface area contributed by atoms with Crippen molar-refractivity contribution in [2.45, 2.75) is 19.5 Å². The third kappa shape index (κ3) is 3.78. The molecule has 100 valence electrons. The predicted molar refractivity (Wildman–Crippen MR) is 80.8 cm³/mol. The topological polar surface area (TPSA) is 12.0 Å². The molecule has 0 spiro atoms. The molecule has 0 aliphatic rings. The second kappa shape index (κ2) is 6.51. The maximum absolute atomic E-state index is 13.7. The van der Waals surface area contributed by atoms with E-state index in [2.05, 4.69) is 21.2 Å². The molecule has 0 radical (unpaired) electrons. The Labute approximate surface area is 125 Å². The highest BCUT2D eigenvalue weighted by molar-refractivity contribution is 9.10. The van der Waals surface area contributed by atoms with E-state index in [1.807, 2.05) is 37.3 Å². The molecule has 4 heteroatoms. The Morgan fingerprint density at radius 2 is 2.00 bits per heavy atom. The molecule has 1 atom stereocenters. The first-order valence-electron chi connectivity index (χ1n) is 5.99. The summed E-state index contributed by atoms with van der Waals surface area (Å²) in [6.45, 7) is 2.48. The average Bonchev–Trinajstić information content (AvgIpc) is 2.38. The molecule has 0 saturated heterocycles. The van der Waals surface area contributed by atoms with Crippen LogP contribution in [0.25, 0.3) is 0 Å². The van der Waals surface area contributed by atoms with E-state index in [9.17, 15) is 4.39 Å². The molecule has 19 heavy (non-hydrogen) atoms. The number of nitrogens with one attached hydrogen (secondary N) is 1. The Hall–Kier alpha value is -0.900. The molecule has 0 aliphatic heterocycles. The molecule has 0 aliphatic carbocycles. The molecule has 1 nitrogen and oxygen atoms in total. The van der Waals surface area contributed by atoms with Crippen LogP contribution >= 0.6 is 27.5 Å². The minimum atomic E-state index is -0.215. The summed E-state index contributed by atoms with van der Waals surface area (Å²) >= 11 is 9.38. The van der Waals surface area contributed by atoms with Gasteiger partial charge < -0.3 is 5.32 Å². The van der Waals surface area contributed by atoms with Crippen LogP contribution in [0.1, 0.15) is 24.1 Å². The first-order valence-corrected chi connectivity index (χ1v) is 7.17. The highest BCUT2D eigenvalue weighted by Gasteiger charge is 2.09. The van der Waals surface area contributed by atoms with Crippen molar-refractivity contribution in [3.05, 3.63) is 68.9 Å². The smallest absolute Gasteiger partial charge is 0.128 e. The summed E-state index contributed by atoms with van der Waals surface area (Å²) in [6.07, 6.45) is 0. The van der Waals surface area contributed by atoms with Crippen LogP contribution < -0.4 is 5.32 Å². The summed E-state index contributed by atoms with van der Waals surface area (Å²) in [7, 11) is 0. The molecular formula is C15H14BrClFN. The van der Waals surface area contributed by atoms with Gasteiger partial charge in [-0.25, -0.2) is 4.39 Å². The van der Waals surface area contributed by atoms with Gasteiger partial charge in [0, 0.05) is 27.6 Å². The largest absolute Gasteiger partial charge is 0.306 e. The lowest BCUT2D eigenvalue weighted by atomic mass is 10.1. The summed E-state index contributed by atoms with van der Waals surface area (Å²) in [4.78, 5) is 0. The highest BCUT2D eigenvalue weighted by Crippen LogP contribution is 2.23. The highest BCUT2D eigenvalue weighted by atomic mass is 79.9. The van der Waals surface area contributed by atoms with Gasteiger partial charge in [0.05, 0.1) is 0 Å². The molecule has 0 saturated carbocycles. The van der Waals surface area contributed by atoms with Crippen molar-refractivity contribution >= 4 is 27.5 Å². The van der Waals surface area contributed by atoms with Crippen molar-refractivity contribution in [1.29, 1.82) is 0 Å². The number of hydrogen-bond acceptors (Lipinski definition) is 1. The summed E-state index contributed by atoms with van der Waals surface area (Å²) in [5.41, 5.74) is 1.66. The van der Waals surface area contributed by atoms with E-state index < -0.39 is 0 Å². The van der Waals surface area contributed by atoms with Crippen molar-refractivity contribution < 1.29 is 4.39 Å². The van der Waals surface area contributed by atoms with Crippen LogP contribution in [-0.4, -0.2) is 0 Å². The Balaban J connectivity index is 2.04. The van der Waals surface area contributed by atoms with Crippen LogP contribution in [0.3, 0.4) is 0 Å². The third-order valence-corrected chi connectivity index (χ3v) is 3.82. The number of rotatable bonds is 4. The van der Waals surface area contributed by atoms with Gasteiger partial charge in [-0.3, -0.25) is 0 Å². The Morgan fingerprint density at radius 3 is 2.68 bits per heavy atom. The molecule has 2 aromatic rings. The van der Waals surface area contributed by atoms with Gasteiger partial charge in [-0.2, -0.15) is 0 Å². The lowest BCUT2D eigenvalue weighted by Crippen LogP contribution is -2.19. The zero-order valence-electron chi connectivity index (χ0n) is 10.5. The van der Waals surface area contributed by atoms with Crippen LogP contribution in [-0.2, 0) is 6.54 Å². The molecule has 0 aromatic heterocycles. The zero-order chi connectivity index (χ0) is 13.8. The lowest BCUT2D eigenvalue weighted by Gasteiger charge is -2.16. The number of hydrogen-bond donors (Lipinski definition) is 1. The summed E-state index contributed by atoms with van der Waals surface area (Å²) in [5.74, 6) is -0.215. The van der Waals surface area contributed by atoms with Crippen molar-refractivity contribution in [1.82, 2.24) is 5.32 Å². The Morgan fingerprint density at radius 1 is 1.26 bits per heavy atom. The predicted octanol–water partition coefficient (Wildman–Crippen LogP) is 5.09. The molecule has 2 rings (SSSR count). The van der Waals surface area contributed by atoms with Gasteiger partial charge in [0.25, 0.3) is 0 Å². The standard InChI is InChI=1S/C15H14BrClFN/c1-10(13-4-2-3-5-14(13)17)19-9-11-6-7-12(16)8-15(11)18/h2-8,10,19H,9H2,1H3/t10-/m0/s1. The van der Waals surface area contributed by atoms with E-state index >= 15 is 0 Å². The molecule has 0 unspecified atom stereocenters. The molecule has 1 N–H and O–H groups in total. The van der Waals surface area contributed by atoms with Crippen LogP contribution in [0.2, 0.25) is 5.02 Å². The Kier molecular flexibility index (Phi) is 4.97. The maximum Gasteiger partial charge on any atom is 0.128 e. The van der Waals surface area contributed by atoms with E-state index in [-0.39, 0.29) is 11.9 Å². The van der Waals surface area contributed by atoms with Crippen molar-refractivity contribution in [3.8, 4) is 0 Å². The van der Waals surface area contributed by atoms with E-state index in [4.69, 9.17) is 11.6 Å². The van der Waals surface area contributed by atoms with Gasteiger partial charge in [-0.1, -0.05) is 51.8 Å². The fourth-order valence-corrected chi connectivity index (χ4v) is 2.50. The number of halogens is 3. The first-order chi connectivity index (χ1) is 9.08. The minimum Gasteiger partial charge on any atom is -0.306 e. The van der Waals surface area contributed by atoms with E-state index in [0.717, 1.165) is 15.1 Å². The van der Waals surface area contributed by atoms with E-state index in [1.165, 1.54) is 6.07 Å². The summed E-state index contributed by atoms with van der Waals surface area (Å²) in [6, 6.07) is 12.8. The Bertz CT molecular complexity index is 574. The average molecular weight is 343 g/mol. The molecule has 2 aromatic carbocycles. The molecule has 0 amide bonds. The maximum atomic E-state index is 13.7. The lowest BCUT2D eigenvalue weighted by molar-refractivity contribution is 0.544. The molecular weight excluding hydrogens is 329 g/mol. The fourth-order valence-electron chi connectivity index (χ4n) is 1.86. The van der Waals surface area contributed by atoms with Crippen molar-refractivity contribution in [3.63, 3.8) is 0 Å². The second-order valence-corrected chi connectivity index (χ2v) is 5.68. The molecule has 0 bridgehead atoms. The van der Waals surface area contributed by atoms with Gasteiger partial charge in [0.2, 0.25) is 0 Å². The van der Waals surface area contributed by atoms with Gasteiger partial charge >= 0.3 is 0 Å². The fraction of sp³-hybridized carbons (Fsp3) is 0.200. The van der Waals surface area contributed by atoms with E-state index in [1.54, 1.807) is 6.07 Å². The van der Waals surface area contributed by atoms with Crippen LogP contribution in [0.4, 0.5) is 4.39 Å². The van der Waals surface area contributed by atoms with Gasteiger partial charge in [-0.05, 0) is 30.7 Å². The van der Waals surface area contributed by atoms with Crippen LogP contribution in [0.5, 0.6) is 0 Å². The van der Waals surface area contributed by atoms with Crippen LogP contribution in [0.15, 0.2) is 46.9 Å². The molecule has 0 heterocycles. The van der Waals surface area contributed by atoms with Crippen molar-refractivity contribution in [2.24, 2.45) is 0 Å². The second-order valence-electron chi connectivity index (χ2n) is 4.36. The third-order valence-electron chi connectivity index (χ3n) is 2.99. The van der Waals surface area contributed by atoms with Gasteiger partial charge in [0.1, 0.15) is 5.82 Å². The monoisotopic (exact) mass is 341 g/mol. The number of benzene rings is 2. The normalized spacial score (nSPS) is 12.4.